The first kappa shape index (κ1) is 36.5. The fourth-order valence-electron chi connectivity index (χ4n) is 5.27. The van der Waals surface area contributed by atoms with Crippen molar-refractivity contribution < 1.29 is 23.9 Å². The van der Waals surface area contributed by atoms with E-state index in [0.717, 1.165) is 16.8 Å². The Morgan fingerprint density at radius 3 is 2.38 bits per heavy atom. The van der Waals surface area contributed by atoms with Gasteiger partial charge in [-0.05, 0) is 73.7 Å². The molecule has 6 aromatic rings. The Kier molecular flexibility index (Phi) is 11.6. The molecule has 0 spiro atoms. The second kappa shape index (κ2) is 16.9. The molecule has 0 atom stereocenters. The summed E-state index contributed by atoms with van der Waals surface area (Å²) in [7, 11) is 1.54. The molecule has 12 nitrogen and oxygen atoms in total. The number of carbonyl (C=O) groups is 3. The van der Waals surface area contributed by atoms with Crippen LogP contribution < -0.4 is 30.3 Å². The summed E-state index contributed by atoms with van der Waals surface area (Å²) in [5.74, 6) is 0.323. The summed E-state index contributed by atoms with van der Waals surface area (Å²) in [6.07, 6.45) is 4.84. The molecule has 3 N–H and O–H groups in total. The molecule has 0 aliphatic rings. The van der Waals surface area contributed by atoms with E-state index in [2.05, 4.69) is 25.9 Å². The van der Waals surface area contributed by atoms with E-state index in [1.54, 1.807) is 67.1 Å². The van der Waals surface area contributed by atoms with Crippen molar-refractivity contribution in [1.29, 1.82) is 0 Å². The van der Waals surface area contributed by atoms with Crippen molar-refractivity contribution in [3.63, 3.8) is 0 Å². The average Bonchev–Trinajstić information content (AvgIpc) is 3.16. The average molecular weight is 751 g/mol. The minimum Gasteiger partial charge on any atom is -0.487 e. The van der Waals surface area contributed by atoms with Crippen molar-refractivity contribution in [2.24, 2.45) is 0 Å². The van der Waals surface area contributed by atoms with Crippen LogP contribution in [0.2, 0.25) is 10.0 Å². The number of urea groups is 1. The minimum atomic E-state index is -0.640. The molecule has 4 amide bonds. The monoisotopic (exact) mass is 749 g/mol. The lowest BCUT2D eigenvalue weighted by Gasteiger charge is -2.21. The fraction of sp³-hybridized carbons (Fsp3) is 0.128. The third kappa shape index (κ3) is 9.17. The number of anilines is 3. The Balaban J connectivity index is 1.08. The third-order valence-electron chi connectivity index (χ3n) is 7.99. The normalized spacial score (nSPS) is 10.7. The highest BCUT2D eigenvalue weighted by atomic mass is 35.5. The van der Waals surface area contributed by atoms with E-state index in [9.17, 15) is 14.4 Å². The van der Waals surface area contributed by atoms with Crippen LogP contribution in [-0.2, 0) is 18.0 Å². The predicted octanol–water partition coefficient (Wildman–Crippen LogP) is 7.83. The number of carbonyl (C=O) groups excluding carboxylic acids is 3. The van der Waals surface area contributed by atoms with Crippen LogP contribution in [0.3, 0.4) is 0 Å². The maximum atomic E-state index is 13.2. The van der Waals surface area contributed by atoms with Gasteiger partial charge in [0.05, 0.1) is 22.9 Å². The highest BCUT2D eigenvalue weighted by molar-refractivity contribution is 6.38. The van der Waals surface area contributed by atoms with Gasteiger partial charge in [-0.1, -0.05) is 41.4 Å². The van der Waals surface area contributed by atoms with E-state index >= 15 is 0 Å². The Labute approximate surface area is 315 Å². The number of aromatic nitrogens is 3. The largest absolute Gasteiger partial charge is 0.487 e. The van der Waals surface area contributed by atoms with Crippen molar-refractivity contribution in [3.05, 3.63) is 142 Å². The lowest BCUT2D eigenvalue weighted by Crippen LogP contribution is -2.40. The van der Waals surface area contributed by atoms with Crippen LogP contribution in [0.5, 0.6) is 11.5 Å². The van der Waals surface area contributed by atoms with E-state index in [0.29, 0.717) is 50.2 Å². The Bertz CT molecular complexity index is 2280. The fourth-order valence-corrected chi connectivity index (χ4v) is 5.88. The van der Waals surface area contributed by atoms with Crippen LogP contribution in [0, 0.1) is 6.92 Å². The first-order valence-corrected chi connectivity index (χ1v) is 17.1. The van der Waals surface area contributed by atoms with Gasteiger partial charge < -0.3 is 30.3 Å². The molecule has 0 fully saturated rings. The standard InChI is InChI=1S/C39H33Cl2N7O5/c1-24-19-34(52-22-28-8-3-4-16-43-28)29-10-6-11-33(37(29)45-24)53-23-30-31(40)12-13-32(36(30)41)48(2)35(49)21-44-39(51)47-27-9-5-7-25(20-27)38(50)46-26-14-17-42-18-15-26/h3-20H,21-23H2,1-2H3,(H,42,46,50)(H2,44,47,51). The smallest absolute Gasteiger partial charge is 0.319 e. The molecule has 0 aliphatic heterocycles. The van der Waals surface area contributed by atoms with Crippen molar-refractivity contribution in [1.82, 2.24) is 20.3 Å². The van der Waals surface area contributed by atoms with Gasteiger partial charge in [-0.3, -0.25) is 19.6 Å². The van der Waals surface area contributed by atoms with Gasteiger partial charge in [0.15, 0.2) is 0 Å². The van der Waals surface area contributed by atoms with Crippen LogP contribution >= 0.6 is 23.2 Å². The van der Waals surface area contributed by atoms with Crippen molar-refractivity contribution in [2.45, 2.75) is 20.1 Å². The van der Waals surface area contributed by atoms with E-state index < -0.39 is 11.9 Å². The van der Waals surface area contributed by atoms with Crippen LogP contribution in [0.1, 0.15) is 27.3 Å². The topological polar surface area (TPSA) is 148 Å². The maximum Gasteiger partial charge on any atom is 0.319 e. The predicted molar refractivity (Wildman–Crippen MR) is 205 cm³/mol. The number of nitrogens with zero attached hydrogens (tertiary/aromatic N) is 4. The van der Waals surface area contributed by atoms with Crippen molar-refractivity contribution in [3.8, 4) is 11.5 Å². The van der Waals surface area contributed by atoms with Gasteiger partial charge in [-0.2, -0.15) is 0 Å². The van der Waals surface area contributed by atoms with Gasteiger partial charge in [0.1, 0.15) is 30.2 Å². The Morgan fingerprint density at radius 2 is 1.58 bits per heavy atom. The summed E-state index contributed by atoms with van der Waals surface area (Å²) in [4.78, 5) is 52.8. The van der Waals surface area contributed by atoms with Gasteiger partial charge in [-0.15, -0.1) is 0 Å². The number of hydrogen-bond acceptors (Lipinski definition) is 8. The lowest BCUT2D eigenvalue weighted by molar-refractivity contribution is -0.117. The molecule has 6 rings (SSSR count). The number of amides is 4. The molecule has 268 valence electrons. The second-order valence-corrected chi connectivity index (χ2v) is 12.5. The number of aryl methyl sites for hydroxylation is 1. The van der Waals surface area contributed by atoms with Gasteiger partial charge in [0.2, 0.25) is 5.91 Å². The molecule has 0 bridgehead atoms. The number of ether oxygens (including phenoxy) is 2. The summed E-state index contributed by atoms with van der Waals surface area (Å²) in [5, 5.41) is 9.26. The summed E-state index contributed by atoms with van der Waals surface area (Å²) < 4.78 is 12.3. The van der Waals surface area contributed by atoms with Crippen molar-refractivity contribution >= 4 is 69.0 Å². The highest BCUT2D eigenvalue weighted by Crippen LogP contribution is 2.36. The zero-order chi connectivity index (χ0) is 37.3. The number of likely N-dealkylation sites (N-methyl/N-ethyl adjacent to an activating group) is 1. The van der Waals surface area contributed by atoms with Gasteiger partial charge in [-0.25, -0.2) is 9.78 Å². The molecule has 3 aromatic heterocycles. The van der Waals surface area contributed by atoms with E-state index in [-0.39, 0.29) is 30.7 Å². The molecule has 0 aliphatic carbocycles. The SMILES string of the molecule is Cc1cc(OCc2ccccn2)c2cccc(OCc3c(Cl)ccc(N(C)C(=O)CNC(=O)Nc4cccc(C(=O)Nc5ccncc5)c4)c3Cl)c2n1. The number of rotatable bonds is 12. The maximum absolute atomic E-state index is 13.2. The van der Waals surface area contributed by atoms with Gasteiger partial charge >= 0.3 is 6.03 Å². The molecular weight excluding hydrogens is 717 g/mol. The number of para-hydroxylation sites is 1. The summed E-state index contributed by atoms with van der Waals surface area (Å²) in [6.45, 7) is 1.79. The molecule has 0 saturated heterocycles. The molecule has 0 radical (unpaired) electrons. The number of pyridine rings is 3. The summed E-state index contributed by atoms with van der Waals surface area (Å²) in [5.41, 5.74) is 4.23. The molecule has 0 saturated carbocycles. The van der Waals surface area contributed by atoms with E-state index in [1.807, 2.05) is 43.3 Å². The lowest BCUT2D eigenvalue weighted by atomic mass is 10.1. The Hall–Kier alpha value is -6.24. The second-order valence-electron chi connectivity index (χ2n) is 11.7. The zero-order valence-electron chi connectivity index (χ0n) is 28.6. The minimum absolute atomic E-state index is 0.0211. The van der Waals surface area contributed by atoms with E-state index in [4.69, 9.17) is 37.7 Å². The number of fused-ring (bicyclic) bond motifs is 1. The molecule has 0 unspecified atom stereocenters. The molecule has 3 aromatic carbocycles. The number of benzene rings is 3. The highest BCUT2D eigenvalue weighted by Gasteiger charge is 2.20. The Morgan fingerprint density at radius 1 is 0.792 bits per heavy atom. The first-order chi connectivity index (χ1) is 25.7. The van der Waals surface area contributed by atoms with Crippen LogP contribution in [0.25, 0.3) is 10.9 Å². The number of halogens is 2. The van der Waals surface area contributed by atoms with Crippen LogP contribution in [0.15, 0.2) is 110 Å². The van der Waals surface area contributed by atoms with Gasteiger partial charge in [0, 0.05) is 70.3 Å². The molecular formula is C39H33Cl2N7O5. The molecule has 53 heavy (non-hydrogen) atoms. The molecule has 14 heteroatoms. The van der Waals surface area contributed by atoms with E-state index in [1.165, 1.54) is 18.0 Å². The van der Waals surface area contributed by atoms with Crippen LogP contribution in [0.4, 0.5) is 21.9 Å². The van der Waals surface area contributed by atoms with Crippen molar-refractivity contribution in [2.75, 3.05) is 29.1 Å². The van der Waals surface area contributed by atoms with Gasteiger partial charge in [0.25, 0.3) is 5.91 Å². The summed E-state index contributed by atoms with van der Waals surface area (Å²) >= 11 is 13.4. The third-order valence-corrected chi connectivity index (χ3v) is 8.76. The first-order valence-electron chi connectivity index (χ1n) is 16.3. The number of nitrogens with one attached hydrogen (secondary N) is 3. The summed E-state index contributed by atoms with van der Waals surface area (Å²) in [6, 6.07) is 25.4. The van der Waals surface area contributed by atoms with Crippen LogP contribution in [-0.4, -0.2) is 46.4 Å². The number of hydrogen-bond donors (Lipinski definition) is 3. The zero-order valence-corrected chi connectivity index (χ0v) is 30.1. The molecule has 3 heterocycles. The quantitative estimate of drug-likeness (QED) is 0.115.